The molecular weight excluding hydrogens is 220 g/mol. The van der Waals surface area contributed by atoms with Crippen LogP contribution in [0.3, 0.4) is 0 Å². The first-order valence-electron chi connectivity index (χ1n) is 5.70. The van der Waals surface area contributed by atoms with Crippen LogP contribution in [0.25, 0.3) is 0 Å². The van der Waals surface area contributed by atoms with Crippen LogP contribution in [-0.4, -0.2) is 31.7 Å². The maximum Gasteiger partial charge on any atom is 0.228 e. The Kier molecular flexibility index (Phi) is 2.40. The number of benzene rings is 1. The van der Waals surface area contributed by atoms with E-state index < -0.39 is 0 Å². The van der Waals surface area contributed by atoms with Crippen molar-refractivity contribution in [2.45, 2.75) is 12.5 Å². The molecule has 1 fully saturated rings. The molecule has 0 aromatic heterocycles. The van der Waals surface area contributed by atoms with E-state index in [1.54, 1.807) is 4.90 Å². The van der Waals surface area contributed by atoms with E-state index in [1.807, 2.05) is 18.2 Å². The third kappa shape index (κ3) is 1.72. The molecule has 0 spiro atoms. The molecule has 2 aliphatic rings. The highest BCUT2D eigenvalue weighted by Crippen LogP contribution is 2.40. The topological polar surface area (TPSA) is 64.8 Å². The summed E-state index contributed by atoms with van der Waals surface area (Å²) in [6, 6.07) is 5.48. The Labute approximate surface area is 99.1 Å². The van der Waals surface area contributed by atoms with Crippen LogP contribution in [-0.2, 0) is 4.79 Å². The fraction of sp³-hybridized carbons (Fsp3) is 0.417. The number of ether oxygens (including phenoxy) is 2. The third-order valence-corrected chi connectivity index (χ3v) is 2.99. The molecule has 5 nitrogen and oxygen atoms in total. The van der Waals surface area contributed by atoms with Gasteiger partial charge in [0.15, 0.2) is 11.5 Å². The van der Waals surface area contributed by atoms with Gasteiger partial charge >= 0.3 is 0 Å². The average molecular weight is 234 g/mol. The molecule has 1 aromatic rings. The van der Waals surface area contributed by atoms with Crippen LogP contribution >= 0.6 is 0 Å². The van der Waals surface area contributed by atoms with Crippen LogP contribution in [0.2, 0.25) is 0 Å². The van der Waals surface area contributed by atoms with Crippen molar-refractivity contribution in [1.82, 2.24) is 0 Å². The zero-order valence-corrected chi connectivity index (χ0v) is 9.39. The van der Waals surface area contributed by atoms with E-state index in [2.05, 4.69) is 0 Å². The van der Waals surface area contributed by atoms with Gasteiger partial charge in [0.05, 0.1) is 5.69 Å². The second kappa shape index (κ2) is 3.92. The molecule has 3 rings (SSSR count). The Morgan fingerprint density at radius 1 is 1.29 bits per heavy atom. The first-order chi connectivity index (χ1) is 8.25. The van der Waals surface area contributed by atoms with Gasteiger partial charge in [-0.1, -0.05) is 6.07 Å². The minimum absolute atomic E-state index is 0.0417. The van der Waals surface area contributed by atoms with E-state index in [0.29, 0.717) is 37.7 Å². The second-order valence-corrected chi connectivity index (χ2v) is 4.27. The molecular formula is C12H14N2O3. The standard InChI is InChI=1S/C12H14N2O3/c13-8-6-11(15)14(7-8)9-2-1-3-10-12(9)17-5-4-16-10/h1-3,8H,4-7,13H2. The number of para-hydroxylation sites is 1. The van der Waals surface area contributed by atoms with Gasteiger partial charge in [0.25, 0.3) is 0 Å². The van der Waals surface area contributed by atoms with Gasteiger partial charge in [-0.05, 0) is 12.1 Å². The van der Waals surface area contributed by atoms with Crippen LogP contribution in [0, 0.1) is 0 Å². The number of anilines is 1. The van der Waals surface area contributed by atoms with Gasteiger partial charge in [-0.25, -0.2) is 0 Å². The third-order valence-electron chi connectivity index (χ3n) is 2.99. The molecule has 1 aromatic carbocycles. The Morgan fingerprint density at radius 2 is 2.12 bits per heavy atom. The van der Waals surface area contributed by atoms with Gasteiger partial charge in [-0.3, -0.25) is 4.79 Å². The van der Waals surface area contributed by atoms with Gasteiger partial charge in [0.1, 0.15) is 13.2 Å². The van der Waals surface area contributed by atoms with Crippen LogP contribution in [0.4, 0.5) is 5.69 Å². The summed E-state index contributed by atoms with van der Waals surface area (Å²) in [5.41, 5.74) is 6.56. The van der Waals surface area contributed by atoms with Gasteiger partial charge in [-0.15, -0.1) is 0 Å². The molecule has 0 radical (unpaired) electrons. The molecule has 1 atom stereocenters. The van der Waals surface area contributed by atoms with Gasteiger partial charge in [0, 0.05) is 19.0 Å². The summed E-state index contributed by atoms with van der Waals surface area (Å²) >= 11 is 0. The van der Waals surface area contributed by atoms with Crippen molar-refractivity contribution in [3.63, 3.8) is 0 Å². The highest BCUT2D eigenvalue weighted by molar-refractivity contribution is 5.98. The maximum absolute atomic E-state index is 11.8. The summed E-state index contributed by atoms with van der Waals surface area (Å²) in [7, 11) is 0. The van der Waals surface area contributed by atoms with E-state index >= 15 is 0 Å². The summed E-state index contributed by atoms with van der Waals surface area (Å²) < 4.78 is 11.1. The number of carbonyl (C=O) groups is 1. The molecule has 17 heavy (non-hydrogen) atoms. The fourth-order valence-electron chi connectivity index (χ4n) is 2.24. The molecule has 1 amide bonds. The fourth-order valence-corrected chi connectivity index (χ4v) is 2.24. The molecule has 0 saturated carbocycles. The summed E-state index contributed by atoms with van der Waals surface area (Å²) in [5, 5.41) is 0. The molecule has 1 unspecified atom stereocenters. The first-order valence-corrected chi connectivity index (χ1v) is 5.70. The minimum Gasteiger partial charge on any atom is -0.486 e. The van der Waals surface area contributed by atoms with E-state index in [9.17, 15) is 4.79 Å². The Bertz CT molecular complexity index is 461. The molecule has 2 heterocycles. The lowest BCUT2D eigenvalue weighted by atomic mass is 10.2. The predicted octanol–water partition coefficient (Wildman–Crippen LogP) is 0.522. The van der Waals surface area contributed by atoms with E-state index in [0.717, 1.165) is 5.69 Å². The van der Waals surface area contributed by atoms with Crippen molar-refractivity contribution in [3.8, 4) is 11.5 Å². The van der Waals surface area contributed by atoms with Gasteiger partial charge < -0.3 is 20.1 Å². The lowest BCUT2D eigenvalue weighted by Crippen LogP contribution is -2.29. The first kappa shape index (κ1) is 10.4. The monoisotopic (exact) mass is 234 g/mol. The number of carbonyl (C=O) groups excluding carboxylic acids is 1. The molecule has 2 N–H and O–H groups in total. The largest absolute Gasteiger partial charge is 0.486 e. The van der Waals surface area contributed by atoms with Crippen molar-refractivity contribution < 1.29 is 14.3 Å². The molecule has 90 valence electrons. The Balaban J connectivity index is 2.00. The Morgan fingerprint density at radius 3 is 2.88 bits per heavy atom. The molecule has 0 aliphatic carbocycles. The average Bonchev–Trinajstić information content (AvgIpc) is 2.68. The smallest absolute Gasteiger partial charge is 0.228 e. The quantitative estimate of drug-likeness (QED) is 0.769. The van der Waals surface area contributed by atoms with Crippen LogP contribution in [0.15, 0.2) is 18.2 Å². The summed E-state index contributed by atoms with van der Waals surface area (Å²) in [6.45, 7) is 1.60. The van der Waals surface area contributed by atoms with Crippen molar-refractivity contribution in [2.24, 2.45) is 5.73 Å². The van der Waals surface area contributed by atoms with E-state index in [1.165, 1.54) is 0 Å². The van der Waals surface area contributed by atoms with Gasteiger partial charge in [0.2, 0.25) is 5.91 Å². The van der Waals surface area contributed by atoms with Crippen molar-refractivity contribution >= 4 is 11.6 Å². The number of amides is 1. The lowest BCUT2D eigenvalue weighted by molar-refractivity contribution is -0.117. The van der Waals surface area contributed by atoms with E-state index in [-0.39, 0.29) is 11.9 Å². The summed E-state index contributed by atoms with van der Waals surface area (Å²) in [5.74, 6) is 1.39. The second-order valence-electron chi connectivity index (χ2n) is 4.27. The SMILES string of the molecule is NC1CC(=O)N(c2cccc3c2OCCO3)C1. The summed E-state index contributed by atoms with van der Waals surface area (Å²) in [6.07, 6.45) is 0.393. The van der Waals surface area contributed by atoms with Crippen LogP contribution in [0.5, 0.6) is 11.5 Å². The zero-order chi connectivity index (χ0) is 11.8. The highest BCUT2D eigenvalue weighted by Gasteiger charge is 2.31. The number of nitrogens with zero attached hydrogens (tertiary/aromatic N) is 1. The van der Waals surface area contributed by atoms with Crippen molar-refractivity contribution in [3.05, 3.63) is 18.2 Å². The number of hydrogen-bond donors (Lipinski definition) is 1. The maximum atomic E-state index is 11.8. The number of fused-ring (bicyclic) bond motifs is 1. The number of hydrogen-bond acceptors (Lipinski definition) is 4. The zero-order valence-electron chi connectivity index (χ0n) is 9.39. The molecule has 5 heteroatoms. The van der Waals surface area contributed by atoms with E-state index in [4.69, 9.17) is 15.2 Å². The number of nitrogens with two attached hydrogens (primary N) is 1. The van der Waals surface area contributed by atoms with Crippen LogP contribution < -0.4 is 20.1 Å². The van der Waals surface area contributed by atoms with Gasteiger partial charge in [-0.2, -0.15) is 0 Å². The highest BCUT2D eigenvalue weighted by atomic mass is 16.6. The van der Waals surface area contributed by atoms with Crippen molar-refractivity contribution in [1.29, 1.82) is 0 Å². The van der Waals surface area contributed by atoms with Crippen LogP contribution in [0.1, 0.15) is 6.42 Å². The van der Waals surface area contributed by atoms with Crippen molar-refractivity contribution in [2.75, 3.05) is 24.7 Å². The number of rotatable bonds is 1. The Hall–Kier alpha value is -1.75. The molecule has 1 saturated heterocycles. The molecule has 2 aliphatic heterocycles. The normalized spacial score (nSPS) is 23.0. The predicted molar refractivity (Wildman–Crippen MR) is 62.4 cm³/mol. The molecule has 0 bridgehead atoms. The summed E-state index contributed by atoms with van der Waals surface area (Å²) in [4.78, 5) is 13.5. The minimum atomic E-state index is -0.0946. The lowest BCUT2D eigenvalue weighted by Gasteiger charge is -2.25.